The molecular formula is C20H21NO5. The molecule has 0 saturated heterocycles. The van der Waals surface area contributed by atoms with Gasteiger partial charge in [-0.05, 0) is 18.6 Å². The number of nitrogens with one attached hydrogen (secondary N) is 1. The van der Waals surface area contributed by atoms with Crippen LogP contribution in [0.5, 0.6) is 17.2 Å². The molecule has 136 valence electrons. The Bertz CT molecular complexity index is 920. The number of ether oxygens (including phenoxy) is 3. The molecule has 0 fully saturated rings. The normalized spacial score (nSPS) is 10.6. The fourth-order valence-corrected chi connectivity index (χ4v) is 2.86. The van der Waals surface area contributed by atoms with Gasteiger partial charge in [-0.15, -0.1) is 0 Å². The minimum absolute atomic E-state index is 0.164. The van der Waals surface area contributed by atoms with E-state index in [2.05, 4.69) is 5.32 Å². The van der Waals surface area contributed by atoms with Crippen LogP contribution in [0.1, 0.15) is 11.1 Å². The summed E-state index contributed by atoms with van der Waals surface area (Å²) < 4.78 is 21.4. The summed E-state index contributed by atoms with van der Waals surface area (Å²) in [5, 5.41) is 3.80. The molecule has 0 atom stereocenters. The first-order chi connectivity index (χ1) is 12.5. The Morgan fingerprint density at radius 2 is 1.73 bits per heavy atom. The van der Waals surface area contributed by atoms with Crippen LogP contribution in [0.25, 0.3) is 11.0 Å². The maximum Gasteiger partial charge on any atom is 0.228 e. The Balaban J connectivity index is 1.81. The van der Waals surface area contributed by atoms with Gasteiger partial charge in [0.15, 0.2) is 11.5 Å². The fraction of sp³-hybridized carbons (Fsp3) is 0.250. The van der Waals surface area contributed by atoms with Gasteiger partial charge in [0, 0.05) is 28.8 Å². The highest BCUT2D eigenvalue weighted by Gasteiger charge is 2.16. The van der Waals surface area contributed by atoms with E-state index in [1.54, 1.807) is 18.4 Å². The van der Waals surface area contributed by atoms with E-state index in [0.29, 0.717) is 22.9 Å². The summed E-state index contributed by atoms with van der Waals surface area (Å²) in [4.78, 5) is 12.5. The summed E-state index contributed by atoms with van der Waals surface area (Å²) in [6.45, 7) is 2.00. The van der Waals surface area contributed by atoms with Crippen LogP contribution in [0, 0.1) is 6.92 Å². The number of carbonyl (C=O) groups excluding carboxylic acids is 1. The summed E-state index contributed by atoms with van der Waals surface area (Å²) in [7, 11) is 4.59. The number of hydrogen-bond acceptors (Lipinski definition) is 5. The summed E-state index contributed by atoms with van der Waals surface area (Å²) in [5.74, 6) is 1.27. The number of furan rings is 1. The minimum Gasteiger partial charge on any atom is -0.493 e. The average molecular weight is 355 g/mol. The van der Waals surface area contributed by atoms with Crippen LogP contribution in [0.2, 0.25) is 0 Å². The molecule has 0 aliphatic carbocycles. The van der Waals surface area contributed by atoms with E-state index < -0.39 is 0 Å². The molecule has 0 bridgehead atoms. The third kappa shape index (κ3) is 3.44. The maximum atomic E-state index is 12.5. The number of amides is 1. The first kappa shape index (κ1) is 17.7. The molecular weight excluding hydrogens is 334 g/mol. The van der Waals surface area contributed by atoms with E-state index in [9.17, 15) is 4.79 Å². The molecule has 3 rings (SSSR count). The molecule has 0 unspecified atom stereocenters. The molecule has 0 saturated carbocycles. The second-order valence-electron chi connectivity index (χ2n) is 5.90. The van der Waals surface area contributed by atoms with Crippen LogP contribution in [-0.4, -0.2) is 27.2 Å². The number of benzene rings is 2. The molecule has 1 heterocycles. The quantitative estimate of drug-likeness (QED) is 0.725. The summed E-state index contributed by atoms with van der Waals surface area (Å²) >= 11 is 0. The van der Waals surface area contributed by atoms with Crippen molar-refractivity contribution in [2.45, 2.75) is 13.3 Å². The van der Waals surface area contributed by atoms with Crippen molar-refractivity contribution < 1.29 is 23.4 Å². The monoisotopic (exact) mass is 355 g/mol. The topological polar surface area (TPSA) is 69.9 Å². The van der Waals surface area contributed by atoms with E-state index in [0.717, 1.165) is 22.1 Å². The van der Waals surface area contributed by atoms with Gasteiger partial charge in [0.05, 0.1) is 34.0 Å². The van der Waals surface area contributed by atoms with Crippen LogP contribution >= 0.6 is 0 Å². The highest BCUT2D eigenvalue weighted by atomic mass is 16.5. The molecule has 1 amide bonds. The summed E-state index contributed by atoms with van der Waals surface area (Å²) in [6, 6.07) is 9.30. The lowest BCUT2D eigenvalue weighted by Crippen LogP contribution is -2.14. The number of methoxy groups -OCH3 is 3. The Morgan fingerprint density at radius 1 is 1.04 bits per heavy atom. The van der Waals surface area contributed by atoms with Gasteiger partial charge in [-0.3, -0.25) is 4.79 Å². The van der Waals surface area contributed by atoms with Crippen molar-refractivity contribution in [3.8, 4) is 17.2 Å². The highest BCUT2D eigenvalue weighted by Crippen LogP contribution is 2.40. The molecule has 6 heteroatoms. The Hall–Kier alpha value is -3.15. The lowest BCUT2D eigenvalue weighted by molar-refractivity contribution is -0.115. The molecule has 0 radical (unpaired) electrons. The van der Waals surface area contributed by atoms with E-state index in [1.165, 1.54) is 21.3 Å². The van der Waals surface area contributed by atoms with Crippen molar-refractivity contribution in [3.05, 3.63) is 47.7 Å². The molecule has 6 nitrogen and oxygen atoms in total. The van der Waals surface area contributed by atoms with Gasteiger partial charge >= 0.3 is 0 Å². The highest BCUT2D eigenvalue weighted by molar-refractivity contribution is 5.96. The van der Waals surface area contributed by atoms with E-state index in [-0.39, 0.29) is 12.3 Å². The molecule has 0 aliphatic rings. The van der Waals surface area contributed by atoms with E-state index in [4.69, 9.17) is 18.6 Å². The number of fused-ring (bicyclic) bond motifs is 1. The van der Waals surface area contributed by atoms with Gasteiger partial charge in [-0.1, -0.05) is 12.1 Å². The first-order valence-corrected chi connectivity index (χ1v) is 8.12. The second-order valence-corrected chi connectivity index (χ2v) is 5.90. The van der Waals surface area contributed by atoms with Gasteiger partial charge in [0.1, 0.15) is 5.58 Å². The predicted molar refractivity (Wildman–Crippen MR) is 99.4 cm³/mol. The molecule has 1 aromatic heterocycles. The van der Waals surface area contributed by atoms with E-state index >= 15 is 0 Å². The lowest BCUT2D eigenvalue weighted by atomic mass is 10.1. The lowest BCUT2D eigenvalue weighted by Gasteiger charge is -2.14. The number of aryl methyl sites for hydroxylation is 1. The van der Waals surface area contributed by atoms with Crippen LogP contribution in [0.15, 0.2) is 41.0 Å². The van der Waals surface area contributed by atoms with Gasteiger partial charge < -0.3 is 23.9 Å². The molecule has 26 heavy (non-hydrogen) atoms. The number of carbonyl (C=O) groups is 1. The zero-order valence-electron chi connectivity index (χ0n) is 15.2. The van der Waals surface area contributed by atoms with Crippen molar-refractivity contribution in [2.75, 3.05) is 26.6 Å². The Kier molecular flexibility index (Phi) is 5.02. The minimum atomic E-state index is -0.164. The van der Waals surface area contributed by atoms with Crippen molar-refractivity contribution in [3.63, 3.8) is 0 Å². The third-order valence-corrected chi connectivity index (χ3v) is 4.11. The number of hydrogen-bond donors (Lipinski definition) is 1. The number of anilines is 1. The number of rotatable bonds is 6. The van der Waals surface area contributed by atoms with E-state index in [1.807, 2.05) is 25.1 Å². The Morgan fingerprint density at radius 3 is 2.35 bits per heavy atom. The zero-order valence-corrected chi connectivity index (χ0v) is 15.2. The molecule has 0 aliphatic heterocycles. The average Bonchev–Trinajstić information content (AvgIpc) is 3.02. The first-order valence-electron chi connectivity index (χ1n) is 8.12. The van der Waals surface area contributed by atoms with Crippen molar-refractivity contribution in [1.82, 2.24) is 0 Å². The molecule has 0 spiro atoms. The molecule has 2 aromatic carbocycles. The van der Waals surface area contributed by atoms with Crippen LogP contribution < -0.4 is 19.5 Å². The second kappa shape index (κ2) is 7.39. The Labute approximate surface area is 151 Å². The predicted octanol–water partition coefficient (Wildman–Crippen LogP) is 3.95. The van der Waals surface area contributed by atoms with Gasteiger partial charge in [0.25, 0.3) is 0 Å². The van der Waals surface area contributed by atoms with Crippen molar-refractivity contribution >= 4 is 22.6 Å². The maximum absolute atomic E-state index is 12.5. The van der Waals surface area contributed by atoms with Crippen LogP contribution in [0.3, 0.4) is 0 Å². The largest absolute Gasteiger partial charge is 0.493 e. The molecule has 3 aromatic rings. The van der Waals surface area contributed by atoms with Crippen LogP contribution in [0.4, 0.5) is 5.69 Å². The van der Waals surface area contributed by atoms with Crippen LogP contribution in [-0.2, 0) is 11.2 Å². The van der Waals surface area contributed by atoms with Gasteiger partial charge in [-0.25, -0.2) is 0 Å². The summed E-state index contributed by atoms with van der Waals surface area (Å²) in [6.07, 6.45) is 1.82. The van der Waals surface area contributed by atoms with Crippen molar-refractivity contribution in [2.24, 2.45) is 0 Å². The third-order valence-electron chi connectivity index (χ3n) is 4.11. The molecule has 1 N–H and O–H groups in total. The SMILES string of the molecule is COc1cc(NC(=O)Cc2coc3cc(C)ccc23)cc(OC)c1OC. The zero-order chi connectivity index (χ0) is 18.7. The standard InChI is InChI=1S/C20H21NO5/c1-12-5-6-15-13(11-26-16(15)7-12)8-19(22)21-14-9-17(23-2)20(25-4)18(10-14)24-3/h5-7,9-11H,8H2,1-4H3,(H,21,22). The van der Waals surface area contributed by atoms with Gasteiger partial charge in [0.2, 0.25) is 11.7 Å². The smallest absolute Gasteiger partial charge is 0.228 e. The fourth-order valence-electron chi connectivity index (χ4n) is 2.86. The summed E-state index contributed by atoms with van der Waals surface area (Å²) in [5.41, 5.74) is 3.29. The van der Waals surface area contributed by atoms with Gasteiger partial charge in [-0.2, -0.15) is 0 Å². The van der Waals surface area contributed by atoms with Crippen molar-refractivity contribution in [1.29, 1.82) is 0 Å².